The molecule has 1 aliphatic carbocycles. The zero-order valence-electron chi connectivity index (χ0n) is 15.4. The van der Waals surface area contributed by atoms with Gasteiger partial charge in [0.15, 0.2) is 12.4 Å². The highest BCUT2D eigenvalue weighted by Crippen LogP contribution is 2.25. The highest BCUT2D eigenvalue weighted by molar-refractivity contribution is 6.22. The Bertz CT molecular complexity index is 975. The lowest BCUT2D eigenvalue weighted by atomic mass is 10.0. The number of aryl methyl sites for hydroxylation is 2. The Morgan fingerprint density at radius 1 is 1.00 bits per heavy atom. The van der Waals surface area contributed by atoms with Crippen LogP contribution in [0.4, 0.5) is 0 Å². The summed E-state index contributed by atoms with van der Waals surface area (Å²) in [4.78, 5) is 50.5. The monoisotopic (exact) mass is 377 g/mol. The Kier molecular flexibility index (Phi) is 4.55. The molecule has 0 saturated heterocycles. The number of hydrogen-bond acceptors (Lipinski definition) is 5. The molecule has 0 bridgehead atoms. The van der Waals surface area contributed by atoms with Crippen LogP contribution in [-0.2, 0) is 22.4 Å². The molecule has 4 rings (SSSR count). The number of ether oxygens (including phenoxy) is 1. The lowest BCUT2D eigenvalue weighted by Crippen LogP contribution is -2.44. The largest absolute Gasteiger partial charge is 0.456 e. The lowest BCUT2D eigenvalue weighted by Gasteiger charge is -2.20. The van der Waals surface area contributed by atoms with Gasteiger partial charge in [-0.1, -0.05) is 24.3 Å². The van der Waals surface area contributed by atoms with E-state index in [1.54, 1.807) is 30.3 Å². The molecule has 0 spiro atoms. The van der Waals surface area contributed by atoms with Gasteiger partial charge in [-0.05, 0) is 55.5 Å². The van der Waals surface area contributed by atoms with Gasteiger partial charge in [0.25, 0.3) is 11.8 Å². The van der Waals surface area contributed by atoms with Crippen molar-refractivity contribution < 1.29 is 23.9 Å². The smallest absolute Gasteiger partial charge is 0.329 e. The maximum Gasteiger partial charge on any atom is 0.329 e. The molecule has 0 unspecified atom stereocenters. The summed E-state index contributed by atoms with van der Waals surface area (Å²) >= 11 is 0. The molecule has 0 radical (unpaired) electrons. The van der Waals surface area contributed by atoms with Crippen molar-refractivity contribution in [2.24, 2.45) is 0 Å². The SMILES string of the molecule is C[C@H](C(=O)OCC(=O)c1ccc2c(c1)CCC2)N1C(=O)c2ccccc2C1=O. The Morgan fingerprint density at radius 2 is 1.64 bits per heavy atom. The van der Waals surface area contributed by atoms with Crippen molar-refractivity contribution in [1.82, 2.24) is 4.90 Å². The van der Waals surface area contributed by atoms with E-state index in [4.69, 9.17) is 4.74 Å². The third-order valence-corrected chi connectivity index (χ3v) is 5.32. The van der Waals surface area contributed by atoms with Crippen LogP contribution in [0.15, 0.2) is 42.5 Å². The molecule has 0 N–H and O–H groups in total. The molecule has 0 aromatic heterocycles. The van der Waals surface area contributed by atoms with Gasteiger partial charge in [-0.3, -0.25) is 19.3 Å². The zero-order chi connectivity index (χ0) is 19.8. The molecular formula is C22H19NO5. The summed E-state index contributed by atoms with van der Waals surface area (Å²) in [6.45, 7) is 0.995. The van der Waals surface area contributed by atoms with Gasteiger partial charge in [0.1, 0.15) is 6.04 Å². The molecule has 2 amide bonds. The van der Waals surface area contributed by atoms with Crippen molar-refractivity contribution in [2.45, 2.75) is 32.2 Å². The number of imide groups is 1. The predicted octanol–water partition coefficient (Wildman–Crippen LogP) is 2.59. The average Bonchev–Trinajstić information content (AvgIpc) is 3.28. The third-order valence-electron chi connectivity index (χ3n) is 5.32. The number of ketones is 1. The second-order valence-corrected chi connectivity index (χ2v) is 7.07. The Labute approximate surface area is 162 Å². The van der Waals surface area contributed by atoms with Gasteiger partial charge in [-0.15, -0.1) is 0 Å². The number of nitrogens with zero attached hydrogens (tertiary/aromatic N) is 1. The molecule has 1 aliphatic heterocycles. The molecule has 0 saturated carbocycles. The molecule has 142 valence electrons. The van der Waals surface area contributed by atoms with E-state index in [0.717, 1.165) is 29.7 Å². The molecule has 6 nitrogen and oxygen atoms in total. The first-order chi connectivity index (χ1) is 13.5. The van der Waals surface area contributed by atoms with Crippen molar-refractivity contribution >= 4 is 23.6 Å². The van der Waals surface area contributed by atoms with Crippen molar-refractivity contribution in [3.8, 4) is 0 Å². The van der Waals surface area contributed by atoms with Crippen LogP contribution in [0, 0.1) is 0 Å². The first-order valence-corrected chi connectivity index (χ1v) is 9.26. The fourth-order valence-electron chi connectivity index (χ4n) is 3.75. The fourth-order valence-corrected chi connectivity index (χ4v) is 3.75. The van der Waals surface area contributed by atoms with Gasteiger partial charge in [-0.25, -0.2) is 4.79 Å². The van der Waals surface area contributed by atoms with E-state index in [0.29, 0.717) is 5.56 Å². The molecule has 28 heavy (non-hydrogen) atoms. The summed E-state index contributed by atoms with van der Waals surface area (Å²) < 4.78 is 5.11. The molecule has 1 atom stereocenters. The Hall–Kier alpha value is -3.28. The number of fused-ring (bicyclic) bond motifs is 2. The minimum absolute atomic E-state index is 0.265. The van der Waals surface area contributed by atoms with Gasteiger partial charge in [0.05, 0.1) is 11.1 Å². The highest BCUT2D eigenvalue weighted by atomic mass is 16.5. The Morgan fingerprint density at radius 3 is 2.32 bits per heavy atom. The molecule has 2 aromatic rings. The molecule has 2 aromatic carbocycles. The normalized spacial score (nSPS) is 16.0. The van der Waals surface area contributed by atoms with Crippen LogP contribution in [0.1, 0.15) is 55.5 Å². The highest BCUT2D eigenvalue weighted by Gasteiger charge is 2.41. The summed E-state index contributed by atoms with van der Waals surface area (Å²) in [5, 5.41) is 0. The molecule has 6 heteroatoms. The number of amides is 2. The lowest BCUT2D eigenvalue weighted by molar-refractivity contribution is -0.146. The fraction of sp³-hybridized carbons (Fsp3) is 0.273. The van der Waals surface area contributed by atoms with E-state index < -0.39 is 30.4 Å². The van der Waals surface area contributed by atoms with E-state index in [9.17, 15) is 19.2 Å². The summed E-state index contributed by atoms with van der Waals surface area (Å²) in [7, 11) is 0. The first-order valence-electron chi connectivity index (χ1n) is 9.26. The van der Waals surface area contributed by atoms with Gasteiger partial charge < -0.3 is 4.74 Å². The minimum Gasteiger partial charge on any atom is -0.456 e. The van der Waals surface area contributed by atoms with Gasteiger partial charge >= 0.3 is 5.97 Å². The number of benzene rings is 2. The number of carbonyl (C=O) groups excluding carboxylic acids is 4. The third kappa shape index (κ3) is 3.01. The van der Waals surface area contributed by atoms with Crippen LogP contribution in [0.25, 0.3) is 0 Å². The van der Waals surface area contributed by atoms with Crippen molar-refractivity contribution in [2.75, 3.05) is 6.61 Å². The van der Waals surface area contributed by atoms with E-state index >= 15 is 0 Å². The topological polar surface area (TPSA) is 80.8 Å². The number of esters is 1. The van der Waals surface area contributed by atoms with Crippen molar-refractivity contribution in [3.63, 3.8) is 0 Å². The number of hydrogen-bond donors (Lipinski definition) is 0. The number of Topliss-reactive ketones (excluding diaryl/α,β-unsaturated/α-hetero) is 1. The summed E-state index contributed by atoms with van der Waals surface area (Å²) in [5.74, 6) is -2.16. The van der Waals surface area contributed by atoms with E-state index in [-0.39, 0.29) is 16.9 Å². The summed E-state index contributed by atoms with van der Waals surface area (Å²) in [5.41, 5.74) is 3.45. The quantitative estimate of drug-likeness (QED) is 0.455. The second-order valence-electron chi connectivity index (χ2n) is 7.07. The van der Waals surface area contributed by atoms with Gasteiger partial charge in [0, 0.05) is 5.56 Å². The molecule has 2 aliphatic rings. The maximum atomic E-state index is 12.5. The van der Waals surface area contributed by atoms with Crippen LogP contribution >= 0.6 is 0 Å². The molecule has 0 fully saturated rings. The summed E-state index contributed by atoms with van der Waals surface area (Å²) in [6.07, 6.45) is 3.06. The van der Waals surface area contributed by atoms with Gasteiger partial charge in [-0.2, -0.15) is 0 Å². The van der Waals surface area contributed by atoms with E-state index in [2.05, 4.69) is 0 Å². The molecular weight excluding hydrogens is 358 g/mol. The van der Waals surface area contributed by atoms with Crippen LogP contribution in [-0.4, -0.2) is 41.1 Å². The number of carbonyl (C=O) groups is 4. The van der Waals surface area contributed by atoms with Crippen molar-refractivity contribution in [1.29, 1.82) is 0 Å². The Balaban J connectivity index is 1.41. The molecule has 1 heterocycles. The van der Waals surface area contributed by atoms with E-state index in [1.807, 2.05) is 12.1 Å². The van der Waals surface area contributed by atoms with Crippen LogP contribution in [0.5, 0.6) is 0 Å². The van der Waals surface area contributed by atoms with Crippen LogP contribution < -0.4 is 0 Å². The van der Waals surface area contributed by atoms with Crippen molar-refractivity contribution in [3.05, 3.63) is 70.3 Å². The predicted molar refractivity (Wildman–Crippen MR) is 100 cm³/mol. The first kappa shape index (κ1) is 18.1. The number of rotatable bonds is 5. The standard InChI is InChI=1S/C22H19NO5/c1-13(23-20(25)17-7-2-3-8-18(17)21(23)26)22(27)28-12-19(24)16-10-9-14-5-4-6-15(14)11-16/h2-3,7-11,13H,4-6,12H2,1H3/t13-/m1/s1. The second kappa shape index (κ2) is 7.03. The maximum absolute atomic E-state index is 12.5. The minimum atomic E-state index is -1.11. The zero-order valence-corrected chi connectivity index (χ0v) is 15.4. The van der Waals surface area contributed by atoms with Crippen LogP contribution in [0.3, 0.4) is 0 Å². The summed E-state index contributed by atoms with van der Waals surface area (Å²) in [6, 6.07) is 10.8. The van der Waals surface area contributed by atoms with E-state index in [1.165, 1.54) is 12.5 Å². The average molecular weight is 377 g/mol. The van der Waals surface area contributed by atoms with Crippen LogP contribution in [0.2, 0.25) is 0 Å². The van der Waals surface area contributed by atoms with Gasteiger partial charge in [0.2, 0.25) is 0 Å².